The van der Waals surface area contributed by atoms with Crippen molar-refractivity contribution in [2.24, 2.45) is 0 Å². The van der Waals surface area contributed by atoms with E-state index in [9.17, 15) is 5.11 Å². The molecule has 2 aromatic rings. The molecular weight excluding hydrogens is 240 g/mol. The molecule has 0 spiro atoms. The predicted octanol–water partition coefficient (Wildman–Crippen LogP) is 4.36. The standard InChI is InChI=1S/C16H18O3/c1-16(2,3)19-13-9-10-14(17)15(11-13)18-12-7-5-4-6-8-12/h4-11,17H,1-3H3. The Morgan fingerprint density at radius 1 is 0.895 bits per heavy atom. The second kappa shape index (κ2) is 5.22. The van der Waals surface area contributed by atoms with Crippen LogP contribution in [0.4, 0.5) is 0 Å². The number of aromatic hydroxyl groups is 1. The largest absolute Gasteiger partial charge is 0.504 e. The van der Waals surface area contributed by atoms with Crippen molar-refractivity contribution in [3.8, 4) is 23.0 Å². The molecule has 1 N–H and O–H groups in total. The Hall–Kier alpha value is -2.16. The summed E-state index contributed by atoms with van der Waals surface area (Å²) < 4.78 is 11.4. The fourth-order valence-corrected chi connectivity index (χ4v) is 1.61. The number of hydrogen-bond donors (Lipinski definition) is 1. The first-order valence-electron chi connectivity index (χ1n) is 6.19. The Morgan fingerprint density at radius 3 is 2.21 bits per heavy atom. The van der Waals surface area contributed by atoms with Gasteiger partial charge in [0, 0.05) is 6.07 Å². The molecule has 3 nitrogen and oxygen atoms in total. The number of benzene rings is 2. The minimum absolute atomic E-state index is 0.0881. The molecule has 0 radical (unpaired) electrons. The fourth-order valence-electron chi connectivity index (χ4n) is 1.61. The number of para-hydroxylation sites is 1. The third-order valence-electron chi connectivity index (χ3n) is 2.33. The number of ether oxygens (including phenoxy) is 2. The molecule has 0 aliphatic rings. The van der Waals surface area contributed by atoms with Crippen LogP contribution in [0.15, 0.2) is 48.5 Å². The van der Waals surface area contributed by atoms with Crippen molar-refractivity contribution in [1.82, 2.24) is 0 Å². The molecule has 0 amide bonds. The van der Waals surface area contributed by atoms with Crippen molar-refractivity contribution in [1.29, 1.82) is 0 Å². The summed E-state index contributed by atoms with van der Waals surface area (Å²) in [6, 6.07) is 14.3. The van der Waals surface area contributed by atoms with Crippen molar-refractivity contribution in [3.63, 3.8) is 0 Å². The van der Waals surface area contributed by atoms with Crippen LogP contribution in [0.2, 0.25) is 0 Å². The summed E-state index contributed by atoms with van der Waals surface area (Å²) in [5.74, 6) is 1.81. The zero-order chi connectivity index (χ0) is 13.9. The van der Waals surface area contributed by atoms with E-state index in [1.54, 1.807) is 18.2 Å². The van der Waals surface area contributed by atoms with E-state index in [4.69, 9.17) is 9.47 Å². The van der Waals surface area contributed by atoms with Gasteiger partial charge in [0.25, 0.3) is 0 Å². The average Bonchev–Trinajstić information content (AvgIpc) is 2.33. The van der Waals surface area contributed by atoms with Gasteiger partial charge in [0.05, 0.1) is 0 Å². The lowest BCUT2D eigenvalue weighted by Gasteiger charge is -2.21. The molecule has 0 aromatic heterocycles. The average molecular weight is 258 g/mol. The monoisotopic (exact) mass is 258 g/mol. The van der Waals surface area contributed by atoms with Crippen LogP contribution in [-0.2, 0) is 0 Å². The summed E-state index contributed by atoms with van der Waals surface area (Å²) in [6.07, 6.45) is 0. The molecule has 0 fully saturated rings. The highest BCUT2D eigenvalue weighted by Gasteiger charge is 2.13. The summed E-state index contributed by atoms with van der Waals surface area (Å²) >= 11 is 0. The van der Waals surface area contributed by atoms with E-state index in [-0.39, 0.29) is 11.4 Å². The molecule has 2 aromatic carbocycles. The van der Waals surface area contributed by atoms with Crippen LogP contribution < -0.4 is 9.47 Å². The smallest absolute Gasteiger partial charge is 0.172 e. The van der Waals surface area contributed by atoms with Crippen molar-refractivity contribution >= 4 is 0 Å². The first-order chi connectivity index (χ1) is 8.94. The van der Waals surface area contributed by atoms with E-state index in [1.165, 1.54) is 0 Å². The normalized spacial score (nSPS) is 11.1. The minimum Gasteiger partial charge on any atom is -0.504 e. The van der Waals surface area contributed by atoms with Crippen LogP contribution >= 0.6 is 0 Å². The van der Waals surface area contributed by atoms with Gasteiger partial charge < -0.3 is 14.6 Å². The van der Waals surface area contributed by atoms with E-state index in [1.807, 2.05) is 51.1 Å². The Kier molecular flexibility index (Phi) is 3.65. The Morgan fingerprint density at radius 2 is 1.58 bits per heavy atom. The molecule has 0 aliphatic heterocycles. The van der Waals surface area contributed by atoms with Gasteiger partial charge in [-0.25, -0.2) is 0 Å². The van der Waals surface area contributed by atoms with Gasteiger partial charge in [-0.3, -0.25) is 0 Å². The Bertz CT molecular complexity index is 542. The second-order valence-electron chi connectivity index (χ2n) is 5.26. The summed E-state index contributed by atoms with van der Waals surface area (Å²) in [6.45, 7) is 5.91. The third kappa shape index (κ3) is 3.91. The van der Waals surface area contributed by atoms with Crippen LogP contribution in [0, 0.1) is 0 Å². The lowest BCUT2D eigenvalue weighted by atomic mass is 10.2. The highest BCUT2D eigenvalue weighted by Crippen LogP contribution is 2.34. The molecule has 0 aliphatic carbocycles. The second-order valence-corrected chi connectivity index (χ2v) is 5.26. The molecule has 0 saturated carbocycles. The molecule has 0 heterocycles. The van der Waals surface area contributed by atoms with Crippen molar-refractivity contribution in [2.75, 3.05) is 0 Å². The van der Waals surface area contributed by atoms with Gasteiger partial charge in [0.1, 0.15) is 17.1 Å². The molecule has 0 atom stereocenters. The van der Waals surface area contributed by atoms with Gasteiger partial charge in [-0.1, -0.05) is 18.2 Å². The summed E-state index contributed by atoms with van der Waals surface area (Å²) in [5.41, 5.74) is -0.291. The van der Waals surface area contributed by atoms with Crippen LogP contribution in [0.25, 0.3) is 0 Å². The van der Waals surface area contributed by atoms with Gasteiger partial charge >= 0.3 is 0 Å². The van der Waals surface area contributed by atoms with Gasteiger partial charge in [0.2, 0.25) is 0 Å². The zero-order valence-electron chi connectivity index (χ0n) is 11.4. The third-order valence-corrected chi connectivity index (χ3v) is 2.33. The maximum atomic E-state index is 9.81. The number of hydrogen-bond acceptors (Lipinski definition) is 3. The van der Waals surface area contributed by atoms with Gasteiger partial charge in [-0.05, 0) is 45.0 Å². The first kappa shape index (κ1) is 13.3. The maximum Gasteiger partial charge on any atom is 0.172 e. The highest BCUT2D eigenvalue weighted by molar-refractivity contribution is 5.46. The van der Waals surface area contributed by atoms with Crippen LogP contribution in [-0.4, -0.2) is 10.7 Å². The van der Waals surface area contributed by atoms with Crippen LogP contribution in [0.5, 0.6) is 23.0 Å². The minimum atomic E-state index is -0.291. The molecular formula is C16H18O3. The predicted molar refractivity (Wildman–Crippen MR) is 75.0 cm³/mol. The number of phenols is 1. The molecule has 0 saturated heterocycles. The summed E-state index contributed by atoms with van der Waals surface area (Å²) in [4.78, 5) is 0. The fraction of sp³-hybridized carbons (Fsp3) is 0.250. The van der Waals surface area contributed by atoms with E-state index in [0.717, 1.165) is 0 Å². The molecule has 2 rings (SSSR count). The van der Waals surface area contributed by atoms with Gasteiger partial charge in [0.15, 0.2) is 11.5 Å². The van der Waals surface area contributed by atoms with E-state index < -0.39 is 0 Å². The van der Waals surface area contributed by atoms with Crippen molar-refractivity contribution in [3.05, 3.63) is 48.5 Å². The molecule has 19 heavy (non-hydrogen) atoms. The SMILES string of the molecule is CC(C)(C)Oc1ccc(O)c(Oc2ccccc2)c1. The zero-order valence-corrected chi connectivity index (χ0v) is 11.4. The maximum absolute atomic E-state index is 9.81. The van der Waals surface area contributed by atoms with Crippen molar-refractivity contribution in [2.45, 2.75) is 26.4 Å². The highest BCUT2D eigenvalue weighted by atomic mass is 16.5. The quantitative estimate of drug-likeness (QED) is 0.888. The molecule has 100 valence electrons. The van der Waals surface area contributed by atoms with E-state index >= 15 is 0 Å². The number of phenolic OH excluding ortho intramolecular Hbond substituents is 1. The van der Waals surface area contributed by atoms with Crippen molar-refractivity contribution < 1.29 is 14.6 Å². The summed E-state index contributed by atoms with van der Waals surface area (Å²) in [5, 5.41) is 9.81. The Labute approximate surface area is 113 Å². The first-order valence-corrected chi connectivity index (χ1v) is 6.19. The van der Waals surface area contributed by atoms with Gasteiger partial charge in [-0.15, -0.1) is 0 Å². The van der Waals surface area contributed by atoms with Crippen LogP contribution in [0.3, 0.4) is 0 Å². The van der Waals surface area contributed by atoms with Crippen LogP contribution in [0.1, 0.15) is 20.8 Å². The van der Waals surface area contributed by atoms with E-state index in [0.29, 0.717) is 17.2 Å². The van der Waals surface area contributed by atoms with E-state index in [2.05, 4.69) is 0 Å². The van der Waals surface area contributed by atoms with Gasteiger partial charge in [-0.2, -0.15) is 0 Å². The topological polar surface area (TPSA) is 38.7 Å². The molecule has 0 unspecified atom stereocenters. The molecule has 3 heteroatoms. The molecule has 0 bridgehead atoms. The lowest BCUT2D eigenvalue weighted by Crippen LogP contribution is -2.22. The summed E-state index contributed by atoms with van der Waals surface area (Å²) in [7, 11) is 0. The lowest BCUT2D eigenvalue weighted by molar-refractivity contribution is 0.130. The number of rotatable bonds is 3. The Balaban J connectivity index is 2.23.